The number of alkyl halides is 1. The van der Waals surface area contributed by atoms with Crippen LogP contribution in [0, 0.1) is 0 Å². The molecule has 1 aromatic heterocycles. The number of halogens is 2. The lowest BCUT2D eigenvalue weighted by molar-refractivity contribution is 0.364. The molecule has 0 saturated carbocycles. The minimum absolute atomic E-state index is 0.372. The van der Waals surface area contributed by atoms with Crippen molar-refractivity contribution >= 4 is 21.7 Å². The van der Waals surface area contributed by atoms with Crippen LogP contribution in [0.25, 0.3) is 0 Å². The van der Waals surface area contributed by atoms with E-state index in [0.717, 1.165) is 13.0 Å². The van der Waals surface area contributed by atoms with Gasteiger partial charge in [-0.1, -0.05) is 30.3 Å². The molecule has 1 heterocycles. The summed E-state index contributed by atoms with van der Waals surface area (Å²) in [5, 5.41) is 3.19. The second-order valence-electron chi connectivity index (χ2n) is 4.20. The summed E-state index contributed by atoms with van der Waals surface area (Å²) in [4.78, 5) is 8.05. The Morgan fingerprint density at radius 1 is 1.26 bits per heavy atom. The quantitative estimate of drug-likeness (QED) is 0.906. The maximum Gasteiger partial charge on any atom is 0.144 e. The van der Waals surface area contributed by atoms with E-state index in [4.69, 9.17) is 0 Å². The molecule has 1 atom stereocenters. The molecule has 1 N–H and O–H groups in total. The van der Waals surface area contributed by atoms with Crippen LogP contribution in [0.5, 0.6) is 0 Å². The molecule has 0 amide bonds. The second kappa shape index (κ2) is 6.61. The number of benzene rings is 1. The van der Waals surface area contributed by atoms with Crippen LogP contribution in [-0.4, -0.2) is 16.5 Å². The molecule has 0 bridgehead atoms. The van der Waals surface area contributed by atoms with E-state index in [-0.39, 0.29) is 0 Å². The maximum atomic E-state index is 13.3. The van der Waals surface area contributed by atoms with Gasteiger partial charge in [0.1, 0.15) is 18.3 Å². The lowest BCUT2D eigenvalue weighted by Gasteiger charge is -2.10. The molecule has 3 nitrogen and oxygen atoms in total. The molecule has 0 radical (unpaired) electrons. The molecule has 1 aromatic carbocycles. The van der Waals surface area contributed by atoms with Gasteiger partial charge in [0.2, 0.25) is 0 Å². The van der Waals surface area contributed by atoms with E-state index in [1.807, 2.05) is 18.2 Å². The molecule has 0 aliphatic rings. The fraction of sp³-hybridized carbons (Fsp3) is 0.286. The molecule has 19 heavy (non-hydrogen) atoms. The molecule has 0 fully saturated rings. The van der Waals surface area contributed by atoms with Crippen LogP contribution < -0.4 is 5.32 Å². The summed E-state index contributed by atoms with van der Waals surface area (Å²) < 4.78 is 13.9. The Balaban J connectivity index is 1.98. The summed E-state index contributed by atoms with van der Waals surface area (Å²) in [6.45, 7) is 2.20. The topological polar surface area (TPSA) is 37.8 Å². The SMILES string of the molecule is CC(F)c1ncnc(NCCc2ccccc2)c1Br. The van der Waals surface area contributed by atoms with Crippen molar-refractivity contribution in [2.75, 3.05) is 11.9 Å². The minimum atomic E-state index is -1.12. The lowest BCUT2D eigenvalue weighted by atomic mass is 10.1. The maximum absolute atomic E-state index is 13.3. The molecule has 0 aliphatic heterocycles. The number of rotatable bonds is 5. The molecular weight excluding hydrogens is 309 g/mol. The Hall–Kier alpha value is -1.49. The van der Waals surface area contributed by atoms with Crippen molar-refractivity contribution in [1.29, 1.82) is 0 Å². The highest BCUT2D eigenvalue weighted by atomic mass is 79.9. The van der Waals surface area contributed by atoms with E-state index in [0.29, 0.717) is 16.0 Å². The van der Waals surface area contributed by atoms with Crippen molar-refractivity contribution in [1.82, 2.24) is 9.97 Å². The van der Waals surface area contributed by atoms with Gasteiger partial charge in [-0.05, 0) is 34.8 Å². The monoisotopic (exact) mass is 323 g/mol. The number of nitrogens with one attached hydrogen (secondary N) is 1. The Kier molecular flexibility index (Phi) is 4.85. The first-order chi connectivity index (χ1) is 9.18. The van der Waals surface area contributed by atoms with Crippen LogP contribution in [0.2, 0.25) is 0 Å². The number of anilines is 1. The van der Waals surface area contributed by atoms with Crippen molar-refractivity contribution in [3.63, 3.8) is 0 Å². The van der Waals surface area contributed by atoms with Crippen LogP contribution in [0.4, 0.5) is 10.2 Å². The molecule has 100 valence electrons. The van der Waals surface area contributed by atoms with Crippen LogP contribution >= 0.6 is 15.9 Å². The van der Waals surface area contributed by atoms with Gasteiger partial charge in [0.25, 0.3) is 0 Å². The third-order valence-corrected chi connectivity index (χ3v) is 3.52. The molecule has 0 aliphatic carbocycles. The van der Waals surface area contributed by atoms with Gasteiger partial charge in [-0.15, -0.1) is 0 Å². The van der Waals surface area contributed by atoms with Gasteiger partial charge in [-0.3, -0.25) is 0 Å². The Bertz CT molecular complexity index is 531. The summed E-state index contributed by atoms with van der Waals surface area (Å²) in [6, 6.07) is 10.2. The summed E-state index contributed by atoms with van der Waals surface area (Å²) >= 11 is 3.34. The smallest absolute Gasteiger partial charge is 0.144 e. The molecule has 1 unspecified atom stereocenters. The molecule has 2 rings (SSSR count). The summed E-state index contributed by atoms with van der Waals surface area (Å²) in [7, 11) is 0. The fourth-order valence-electron chi connectivity index (χ4n) is 1.75. The highest BCUT2D eigenvalue weighted by Gasteiger charge is 2.13. The first kappa shape index (κ1) is 13.9. The second-order valence-corrected chi connectivity index (χ2v) is 4.99. The van der Waals surface area contributed by atoms with Crippen LogP contribution in [0.3, 0.4) is 0 Å². The van der Waals surface area contributed by atoms with Gasteiger partial charge >= 0.3 is 0 Å². The zero-order chi connectivity index (χ0) is 13.7. The van der Waals surface area contributed by atoms with Crippen LogP contribution in [0.1, 0.15) is 24.4 Å². The fourth-order valence-corrected chi connectivity index (χ4v) is 2.41. The summed E-state index contributed by atoms with van der Waals surface area (Å²) in [5.41, 5.74) is 1.62. The molecule has 0 spiro atoms. The van der Waals surface area contributed by atoms with E-state index in [2.05, 4.69) is 43.3 Å². The zero-order valence-electron chi connectivity index (χ0n) is 10.6. The standard InChI is InChI=1S/C14H15BrFN3/c1-10(16)13-12(15)14(19-9-18-13)17-8-7-11-5-3-2-4-6-11/h2-6,9-10H,7-8H2,1H3,(H,17,18,19). The van der Waals surface area contributed by atoms with E-state index >= 15 is 0 Å². The number of hydrogen-bond donors (Lipinski definition) is 1. The molecule has 5 heteroatoms. The highest BCUT2D eigenvalue weighted by Crippen LogP contribution is 2.28. The van der Waals surface area contributed by atoms with E-state index < -0.39 is 6.17 Å². The third kappa shape index (κ3) is 3.73. The Morgan fingerprint density at radius 3 is 2.68 bits per heavy atom. The van der Waals surface area contributed by atoms with Crippen molar-refractivity contribution in [3.05, 3.63) is 52.4 Å². The molecular formula is C14H15BrFN3. The number of hydrogen-bond acceptors (Lipinski definition) is 3. The normalized spacial score (nSPS) is 12.2. The van der Waals surface area contributed by atoms with Crippen molar-refractivity contribution < 1.29 is 4.39 Å². The largest absolute Gasteiger partial charge is 0.369 e. The highest BCUT2D eigenvalue weighted by molar-refractivity contribution is 9.10. The molecule has 2 aromatic rings. The van der Waals surface area contributed by atoms with Crippen molar-refractivity contribution in [3.8, 4) is 0 Å². The van der Waals surface area contributed by atoms with Crippen LogP contribution in [0.15, 0.2) is 41.1 Å². The van der Waals surface area contributed by atoms with Gasteiger partial charge in [-0.2, -0.15) is 0 Å². The Labute approximate surface area is 120 Å². The average molecular weight is 324 g/mol. The zero-order valence-corrected chi connectivity index (χ0v) is 12.2. The van der Waals surface area contributed by atoms with Gasteiger partial charge in [0.15, 0.2) is 0 Å². The van der Waals surface area contributed by atoms with E-state index in [1.54, 1.807) is 0 Å². The van der Waals surface area contributed by atoms with Gasteiger partial charge in [0, 0.05) is 6.54 Å². The molecule has 0 saturated heterocycles. The van der Waals surface area contributed by atoms with E-state index in [1.165, 1.54) is 18.8 Å². The number of aromatic nitrogens is 2. The van der Waals surface area contributed by atoms with Gasteiger partial charge in [0.05, 0.1) is 10.2 Å². The van der Waals surface area contributed by atoms with E-state index in [9.17, 15) is 4.39 Å². The third-order valence-electron chi connectivity index (χ3n) is 2.74. The summed E-state index contributed by atoms with van der Waals surface area (Å²) in [5.74, 6) is 0.630. The first-order valence-corrected chi connectivity index (χ1v) is 6.90. The van der Waals surface area contributed by atoms with Crippen molar-refractivity contribution in [2.24, 2.45) is 0 Å². The minimum Gasteiger partial charge on any atom is -0.369 e. The van der Waals surface area contributed by atoms with Gasteiger partial charge in [-0.25, -0.2) is 14.4 Å². The van der Waals surface area contributed by atoms with Gasteiger partial charge < -0.3 is 5.32 Å². The predicted octanol–water partition coefficient (Wildman–Crippen LogP) is 3.92. The average Bonchev–Trinajstić information content (AvgIpc) is 2.41. The first-order valence-electron chi connectivity index (χ1n) is 6.10. The summed E-state index contributed by atoms with van der Waals surface area (Å²) in [6.07, 6.45) is 1.14. The lowest BCUT2D eigenvalue weighted by Crippen LogP contribution is -2.08. The predicted molar refractivity (Wildman–Crippen MR) is 77.9 cm³/mol. The number of nitrogens with zero attached hydrogens (tertiary/aromatic N) is 2. The van der Waals surface area contributed by atoms with Crippen molar-refractivity contribution in [2.45, 2.75) is 19.5 Å². The van der Waals surface area contributed by atoms with Crippen LogP contribution in [-0.2, 0) is 6.42 Å². The Morgan fingerprint density at radius 2 is 2.00 bits per heavy atom.